The number of likely N-dealkylation sites (tertiary alicyclic amines) is 1. The minimum atomic E-state index is 0. The topological polar surface area (TPSA) is 24.9 Å². The summed E-state index contributed by atoms with van der Waals surface area (Å²) in [5.74, 6) is 1.67. The largest absolute Gasteiger partial charge is 1.00 e. The Labute approximate surface area is 180 Å². The van der Waals surface area contributed by atoms with E-state index in [0.717, 1.165) is 36.9 Å². The minimum Gasteiger partial charge on any atom is -1.00 e. The molecule has 0 amide bonds. The van der Waals surface area contributed by atoms with Crippen LogP contribution in [0.15, 0.2) is 36.4 Å². The first-order valence-electron chi connectivity index (χ1n) is 10.6. The Morgan fingerprint density at radius 1 is 1.04 bits per heavy atom. The summed E-state index contributed by atoms with van der Waals surface area (Å²) in [7, 11) is 4.80. The Bertz CT molecular complexity index is 777. The predicted octanol–water partition coefficient (Wildman–Crippen LogP) is 1.71. The summed E-state index contributed by atoms with van der Waals surface area (Å²) in [6, 6.07) is 14.2. The molecule has 0 bridgehead atoms. The van der Waals surface area contributed by atoms with Crippen LogP contribution in [0.4, 0.5) is 5.82 Å². The van der Waals surface area contributed by atoms with Crippen molar-refractivity contribution in [3.8, 4) is 0 Å². The second-order valence-electron chi connectivity index (χ2n) is 9.13. The zero-order valence-corrected chi connectivity index (χ0v) is 19.1. The molecule has 1 aliphatic carbocycles. The zero-order valence-electron chi connectivity index (χ0n) is 17.5. The molecule has 1 N–H and O–H groups in total. The van der Waals surface area contributed by atoms with E-state index in [1.807, 2.05) is 0 Å². The van der Waals surface area contributed by atoms with Crippen LogP contribution in [0.2, 0.25) is 0 Å². The molecule has 2 aliphatic rings. The summed E-state index contributed by atoms with van der Waals surface area (Å²) in [5, 5.41) is 3.72. The van der Waals surface area contributed by atoms with Crippen LogP contribution in [-0.4, -0.2) is 42.7 Å². The molecule has 2 heterocycles. The van der Waals surface area contributed by atoms with Crippen molar-refractivity contribution in [1.82, 2.24) is 4.98 Å². The molecule has 1 saturated heterocycles. The van der Waals surface area contributed by atoms with Gasteiger partial charge in [0.1, 0.15) is 5.82 Å². The lowest BCUT2D eigenvalue weighted by molar-refractivity contribution is -0.920. The molecule has 1 atom stereocenters. The van der Waals surface area contributed by atoms with E-state index in [1.165, 1.54) is 53.4 Å². The fourth-order valence-corrected chi connectivity index (χ4v) is 5.10. The Kier molecular flexibility index (Phi) is 6.82. The fraction of sp³-hybridized carbons (Fsp3) is 0.542. The predicted molar refractivity (Wildman–Crippen MR) is 113 cm³/mol. The number of rotatable bonds is 5. The number of benzene rings is 1. The van der Waals surface area contributed by atoms with Crippen LogP contribution in [0.3, 0.4) is 0 Å². The van der Waals surface area contributed by atoms with Crippen LogP contribution in [-0.2, 0) is 12.8 Å². The maximum absolute atomic E-state index is 4.88. The normalized spacial score (nSPS) is 21.0. The monoisotopic (exact) mass is 443 g/mol. The van der Waals surface area contributed by atoms with Crippen LogP contribution in [0.25, 0.3) is 0 Å². The summed E-state index contributed by atoms with van der Waals surface area (Å²) < 4.78 is 1.17. The lowest BCUT2D eigenvalue weighted by Gasteiger charge is -2.41. The van der Waals surface area contributed by atoms with E-state index in [4.69, 9.17) is 4.98 Å². The number of fused-ring (bicyclic) bond motifs is 1. The highest BCUT2D eigenvalue weighted by molar-refractivity contribution is 5.50. The van der Waals surface area contributed by atoms with E-state index in [9.17, 15) is 0 Å². The highest BCUT2D eigenvalue weighted by Gasteiger charge is 2.31. The average molecular weight is 444 g/mol. The number of aromatic nitrogens is 1. The molecule has 1 aromatic heterocycles. The molecule has 0 saturated carbocycles. The van der Waals surface area contributed by atoms with Gasteiger partial charge in [0, 0.05) is 18.7 Å². The van der Waals surface area contributed by atoms with Crippen LogP contribution in [0, 0.1) is 6.92 Å². The molecule has 3 nitrogen and oxygen atoms in total. The van der Waals surface area contributed by atoms with Crippen molar-refractivity contribution >= 4 is 5.82 Å². The molecule has 4 rings (SSSR count). The standard InChI is InChI=1S/C24H34N3.BrH/c1-18-11-12-23(21-16-19-8-4-5-9-20(19)17-21)24(26-18)25-14-13-22-10-6-7-15-27(22,2)3;/h4-5,8-9,11-12,21-22H,6-7,10,13-17H2,1-3H3,(H,25,26);1H/q+1;/p-1. The van der Waals surface area contributed by atoms with Gasteiger partial charge in [-0.05, 0) is 67.7 Å². The summed E-state index contributed by atoms with van der Waals surface area (Å²) in [6.07, 6.45) is 7.64. The zero-order chi connectivity index (χ0) is 18.9. The third-order valence-electron chi connectivity index (χ3n) is 6.84. The van der Waals surface area contributed by atoms with Gasteiger partial charge < -0.3 is 26.8 Å². The van der Waals surface area contributed by atoms with Gasteiger partial charge in [-0.1, -0.05) is 30.3 Å². The van der Waals surface area contributed by atoms with Gasteiger partial charge in [-0.2, -0.15) is 0 Å². The first-order valence-corrected chi connectivity index (χ1v) is 10.6. The van der Waals surface area contributed by atoms with E-state index < -0.39 is 0 Å². The summed E-state index contributed by atoms with van der Waals surface area (Å²) in [5.41, 5.74) is 5.52. The van der Waals surface area contributed by atoms with E-state index in [-0.39, 0.29) is 17.0 Å². The van der Waals surface area contributed by atoms with Crippen molar-refractivity contribution in [3.05, 3.63) is 58.8 Å². The highest BCUT2D eigenvalue weighted by Crippen LogP contribution is 2.36. The number of pyridine rings is 1. The Balaban J connectivity index is 0.00000225. The number of nitrogens with zero attached hydrogens (tertiary/aromatic N) is 2. The quantitative estimate of drug-likeness (QED) is 0.711. The lowest BCUT2D eigenvalue weighted by Crippen LogP contribution is -3.00. The van der Waals surface area contributed by atoms with Crippen molar-refractivity contribution in [3.63, 3.8) is 0 Å². The van der Waals surface area contributed by atoms with Crippen molar-refractivity contribution < 1.29 is 21.5 Å². The van der Waals surface area contributed by atoms with Gasteiger partial charge in [0.15, 0.2) is 0 Å². The maximum atomic E-state index is 4.88. The van der Waals surface area contributed by atoms with Gasteiger partial charge in [-0.15, -0.1) is 0 Å². The first-order chi connectivity index (χ1) is 13.0. The highest BCUT2D eigenvalue weighted by atomic mass is 79.9. The summed E-state index contributed by atoms with van der Waals surface area (Å²) in [6.45, 7) is 4.44. The van der Waals surface area contributed by atoms with Crippen molar-refractivity contribution in [2.45, 2.75) is 57.4 Å². The summed E-state index contributed by atoms with van der Waals surface area (Å²) in [4.78, 5) is 4.88. The molecular formula is C24H34BrN3. The van der Waals surface area contributed by atoms with Crippen molar-refractivity contribution in [2.24, 2.45) is 0 Å². The van der Waals surface area contributed by atoms with E-state index in [1.54, 1.807) is 0 Å². The molecule has 28 heavy (non-hydrogen) atoms. The molecule has 0 spiro atoms. The van der Waals surface area contributed by atoms with E-state index in [2.05, 4.69) is 62.7 Å². The second kappa shape index (κ2) is 8.96. The van der Waals surface area contributed by atoms with Crippen LogP contribution in [0.5, 0.6) is 0 Å². The Hall–Kier alpha value is -1.39. The number of nitrogens with one attached hydrogen (secondary N) is 1. The number of quaternary nitrogens is 1. The van der Waals surface area contributed by atoms with E-state index in [0.29, 0.717) is 5.92 Å². The molecule has 152 valence electrons. The second-order valence-corrected chi connectivity index (χ2v) is 9.13. The number of hydrogen-bond acceptors (Lipinski definition) is 2. The Morgan fingerprint density at radius 3 is 2.43 bits per heavy atom. The van der Waals surface area contributed by atoms with Crippen molar-refractivity contribution in [1.29, 1.82) is 0 Å². The van der Waals surface area contributed by atoms with Crippen LogP contribution >= 0.6 is 0 Å². The molecule has 1 aliphatic heterocycles. The minimum absolute atomic E-state index is 0. The molecule has 2 aromatic rings. The van der Waals surface area contributed by atoms with Gasteiger partial charge in [0.25, 0.3) is 0 Å². The van der Waals surface area contributed by atoms with Gasteiger partial charge in [-0.3, -0.25) is 0 Å². The van der Waals surface area contributed by atoms with Gasteiger partial charge >= 0.3 is 0 Å². The van der Waals surface area contributed by atoms with Gasteiger partial charge in [0.05, 0.1) is 26.7 Å². The molecule has 1 unspecified atom stereocenters. The molecule has 1 aromatic carbocycles. The van der Waals surface area contributed by atoms with Crippen LogP contribution in [0.1, 0.15) is 54.0 Å². The van der Waals surface area contributed by atoms with Crippen molar-refractivity contribution in [2.75, 3.05) is 32.5 Å². The number of anilines is 1. The molecule has 0 radical (unpaired) electrons. The lowest BCUT2D eigenvalue weighted by atomic mass is 9.95. The molecule has 4 heteroatoms. The maximum Gasteiger partial charge on any atom is 0.129 e. The number of halogens is 1. The average Bonchev–Trinajstić information content (AvgIpc) is 3.07. The third-order valence-corrected chi connectivity index (χ3v) is 6.84. The number of hydrogen-bond donors (Lipinski definition) is 1. The smallest absolute Gasteiger partial charge is 0.129 e. The summed E-state index contributed by atoms with van der Waals surface area (Å²) >= 11 is 0. The molecular weight excluding hydrogens is 410 g/mol. The number of aryl methyl sites for hydroxylation is 1. The molecule has 1 fully saturated rings. The fourth-order valence-electron chi connectivity index (χ4n) is 5.10. The third kappa shape index (κ3) is 4.60. The number of piperidine rings is 1. The first kappa shape index (κ1) is 21.3. The SMILES string of the molecule is Cc1ccc(C2Cc3ccccc3C2)c(NCCC2CCCC[N+]2(C)C)n1.[Br-]. The Morgan fingerprint density at radius 2 is 1.75 bits per heavy atom. The van der Waals surface area contributed by atoms with E-state index >= 15 is 0 Å². The van der Waals surface area contributed by atoms with Gasteiger partial charge in [-0.25, -0.2) is 4.98 Å². The van der Waals surface area contributed by atoms with Gasteiger partial charge in [0.2, 0.25) is 0 Å². The van der Waals surface area contributed by atoms with Crippen LogP contribution < -0.4 is 22.3 Å².